The van der Waals surface area contributed by atoms with Gasteiger partial charge in [0.25, 0.3) is 0 Å². The number of aliphatic hydroxyl groups excluding tert-OH is 1. The monoisotopic (exact) mass is 199 g/mol. The Morgan fingerprint density at radius 1 is 1.36 bits per heavy atom. The summed E-state index contributed by atoms with van der Waals surface area (Å²) in [6.45, 7) is 4.06. The van der Waals surface area contributed by atoms with Crippen LogP contribution in [0.15, 0.2) is 0 Å². The Morgan fingerprint density at radius 3 is 2.93 bits per heavy atom. The van der Waals surface area contributed by atoms with Gasteiger partial charge in [0.15, 0.2) is 0 Å². The van der Waals surface area contributed by atoms with Crippen molar-refractivity contribution in [1.82, 2.24) is 4.90 Å². The van der Waals surface area contributed by atoms with E-state index in [0.717, 1.165) is 32.7 Å². The second-order valence-electron chi connectivity index (χ2n) is 4.52. The number of likely N-dealkylation sites (tertiary alicyclic amines) is 1. The van der Waals surface area contributed by atoms with Crippen molar-refractivity contribution in [2.45, 2.75) is 44.3 Å². The van der Waals surface area contributed by atoms with Crippen LogP contribution in [0.2, 0.25) is 0 Å². The molecule has 0 aliphatic carbocycles. The molecule has 0 spiro atoms. The lowest BCUT2D eigenvalue weighted by Crippen LogP contribution is -2.24. The maximum absolute atomic E-state index is 9.34. The first-order valence-electron chi connectivity index (χ1n) is 5.86. The summed E-state index contributed by atoms with van der Waals surface area (Å²) in [5, 5.41) is 9.34. The van der Waals surface area contributed by atoms with Crippen molar-refractivity contribution in [3.05, 3.63) is 0 Å². The molecule has 0 amide bonds. The van der Waals surface area contributed by atoms with Gasteiger partial charge in [-0.3, -0.25) is 0 Å². The van der Waals surface area contributed by atoms with E-state index in [1.54, 1.807) is 0 Å². The molecule has 3 nitrogen and oxygen atoms in total. The number of hydrogen-bond donors (Lipinski definition) is 1. The summed E-state index contributed by atoms with van der Waals surface area (Å²) in [7, 11) is 0. The minimum Gasteiger partial charge on any atom is -0.392 e. The molecular formula is C11H21NO2. The Bertz CT molecular complexity index is 169. The fourth-order valence-electron chi connectivity index (χ4n) is 2.43. The van der Waals surface area contributed by atoms with Gasteiger partial charge in [0, 0.05) is 19.7 Å². The van der Waals surface area contributed by atoms with Gasteiger partial charge in [-0.1, -0.05) is 0 Å². The van der Waals surface area contributed by atoms with Crippen LogP contribution >= 0.6 is 0 Å². The van der Waals surface area contributed by atoms with Gasteiger partial charge in [0.2, 0.25) is 0 Å². The maximum Gasteiger partial charge on any atom is 0.0679 e. The van der Waals surface area contributed by atoms with Gasteiger partial charge in [-0.2, -0.15) is 0 Å². The molecule has 2 aliphatic rings. The van der Waals surface area contributed by atoms with Crippen LogP contribution < -0.4 is 0 Å². The van der Waals surface area contributed by atoms with E-state index < -0.39 is 0 Å². The van der Waals surface area contributed by atoms with E-state index >= 15 is 0 Å². The summed E-state index contributed by atoms with van der Waals surface area (Å²) < 4.78 is 5.57. The van der Waals surface area contributed by atoms with Crippen molar-refractivity contribution in [1.29, 1.82) is 0 Å². The average molecular weight is 199 g/mol. The molecule has 2 unspecified atom stereocenters. The van der Waals surface area contributed by atoms with Crippen molar-refractivity contribution >= 4 is 0 Å². The van der Waals surface area contributed by atoms with Gasteiger partial charge in [-0.05, 0) is 38.6 Å². The molecule has 0 aromatic carbocycles. The van der Waals surface area contributed by atoms with E-state index in [4.69, 9.17) is 4.74 Å². The van der Waals surface area contributed by atoms with Gasteiger partial charge in [0.05, 0.1) is 12.2 Å². The van der Waals surface area contributed by atoms with E-state index in [9.17, 15) is 5.11 Å². The third-order valence-electron chi connectivity index (χ3n) is 3.27. The topological polar surface area (TPSA) is 32.7 Å². The first-order chi connectivity index (χ1) is 6.84. The van der Waals surface area contributed by atoms with Crippen LogP contribution in [0.1, 0.15) is 32.1 Å². The average Bonchev–Trinajstić information content (AvgIpc) is 2.77. The Morgan fingerprint density at radius 2 is 2.29 bits per heavy atom. The zero-order chi connectivity index (χ0) is 9.80. The van der Waals surface area contributed by atoms with E-state index in [1.807, 2.05) is 0 Å². The summed E-state index contributed by atoms with van der Waals surface area (Å²) in [5.74, 6) is 0. The molecule has 2 rings (SSSR count). The third-order valence-corrected chi connectivity index (χ3v) is 3.27. The summed E-state index contributed by atoms with van der Waals surface area (Å²) in [6, 6.07) is 0. The van der Waals surface area contributed by atoms with Crippen LogP contribution in [0.5, 0.6) is 0 Å². The first kappa shape index (κ1) is 10.4. The standard InChI is InChI=1S/C11H21NO2/c13-10-5-7-12(9-10)6-1-3-11-4-2-8-14-11/h10-11,13H,1-9H2. The van der Waals surface area contributed by atoms with Crippen molar-refractivity contribution < 1.29 is 9.84 Å². The predicted molar refractivity (Wildman–Crippen MR) is 55.3 cm³/mol. The number of rotatable bonds is 4. The summed E-state index contributed by atoms with van der Waals surface area (Å²) in [5.41, 5.74) is 0. The zero-order valence-electron chi connectivity index (χ0n) is 8.82. The molecule has 14 heavy (non-hydrogen) atoms. The van der Waals surface area contributed by atoms with Crippen molar-refractivity contribution in [3.8, 4) is 0 Å². The van der Waals surface area contributed by atoms with Crippen LogP contribution in [-0.4, -0.2) is 48.5 Å². The zero-order valence-corrected chi connectivity index (χ0v) is 8.82. The van der Waals surface area contributed by atoms with Gasteiger partial charge in [-0.15, -0.1) is 0 Å². The van der Waals surface area contributed by atoms with Crippen LogP contribution in [0.25, 0.3) is 0 Å². The van der Waals surface area contributed by atoms with Crippen LogP contribution in [0.3, 0.4) is 0 Å². The van der Waals surface area contributed by atoms with Gasteiger partial charge in [-0.25, -0.2) is 0 Å². The highest BCUT2D eigenvalue weighted by Gasteiger charge is 2.20. The van der Waals surface area contributed by atoms with E-state index in [1.165, 1.54) is 25.7 Å². The largest absolute Gasteiger partial charge is 0.392 e. The molecular weight excluding hydrogens is 178 g/mol. The normalized spacial score (nSPS) is 34.1. The Labute approximate surface area is 86.0 Å². The second kappa shape index (κ2) is 5.10. The highest BCUT2D eigenvalue weighted by atomic mass is 16.5. The highest BCUT2D eigenvalue weighted by Crippen LogP contribution is 2.17. The molecule has 1 N–H and O–H groups in total. The molecule has 2 aliphatic heterocycles. The van der Waals surface area contributed by atoms with E-state index in [0.29, 0.717) is 6.10 Å². The van der Waals surface area contributed by atoms with E-state index in [-0.39, 0.29) is 6.10 Å². The van der Waals surface area contributed by atoms with Crippen molar-refractivity contribution in [3.63, 3.8) is 0 Å². The van der Waals surface area contributed by atoms with E-state index in [2.05, 4.69) is 4.90 Å². The number of ether oxygens (including phenoxy) is 1. The fourth-order valence-corrected chi connectivity index (χ4v) is 2.43. The highest BCUT2D eigenvalue weighted by molar-refractivity contribution is 4.74. The molecule has 2 heterocycles. The molecule has 0 saturated carbocycles. The Kier molecular flexibility index (Phi) is 3.79. The van der Waals surface area contributed by atoms with Gasteiger partial charge >= 0.3 is 0 Å². The van der Waals surface area contributed by atoms with Crippen molar-refractivity contribution in [2.24, 2.45) is 0 Å². The number of nitrogens with zero attached hydrogens (tertiary/aromatic N) is 1. The summed E-state index contributed by atoms with van der Waals surface area (Å²) in [6.07, 6.45) is 6.33. The van der Waals surface area contributed by atoms with Gasteiger partial charge in [0.1, 0.15) is 0 Å². The molecule has 0 aromatic rings. The molecule has 2 fully saturated rings. The lowest BCUT2D eigenvalue weighted by atomic mass is 10.1. The summed E-state index contributed by atoms with van der Waals surface area (Å²) >= 11 is 0. The maximum atomic E-state index is 9.34. The lowest BCUT2D eigenvalue weighted by Gasteiger charge is -2.16. The molecule has 0 aromatic heterocycles. The molecule has 2 atom stereocenters. The van der Waals surface area contributed by atoms with Crippen molar-refractivity contribution in [2.75, 3.05) is 26.2 Å². The number of hydrogen-bond acceptors (Lipinski definition) is 3. The fraction of sp³-hybridized carbons (Fsp3) is 1.00. The van der Waals surface area contributed by atoms with Crippen LogP contribution in [0.4, 0.5) is 0 Å². The minimum absolute atomic E-state index is 0.0715. The molecule has 0 bridgehead atoms. The van der Waals surface area contributed by atoms with Gasteiger partial charge < -0.3 is 14.7 Å². The SMILES string of the molecule is OC1CCN(CCCC2CCCO2)C1. The third kappa shape index (κ3) is 2.94. The first-order valence-corrected chi connectivity index (χ1v) is 5.86. The second-order valence-corrected chi connectivity index (χ2v) is 4.52. The Hall–Kier alpha value is -0.120. The Balaban J connectivity index is 1.54. The van der Waals surface area contributed by atoms with Crippen LogP contribution in [0, 0.1) is 0 Å². The number of β-amino-alcohol motifs (C(OH)–C–C–N with tert-alkyl or cyclic N) is 1. The lowest BCUT2D eigenvalue weighted by molar-refractivity contribution is 0.0989. The molecule has 82 valence electrons. The summed E-state index contributed by atoms with van der Waals surface area (Å²) in [4.78, 5) is 2.36. The molecule has 3 heteroatoms. The minimum atomic E-state index is -0.0715. The predicted octanol–water partition coefficient (Wildman–Crippen LogP) is 1.01. The quantitative estimate of drug-likeness (QED) is 0.733. The smallest absolute Gasteiger partial charge is 0.0679 e. The molecule has 2 saturated heterocycles. The number of aliphatic hydroxyl groups is 1. The molecule has 0 radical (unpaired) electrons. The van der Waals surface area contributed by atoms with Crippen LogP contribution in [-0.2, 0) is 4.74 Å².